The number of carbonyl (C=O) groups excluding carboxylic acids is 1. The normalized spacial score (nSPS) is 16.1. The Hall–Kier alpha value is -4.20. The van der Waals surface area contributed by atoms with Crippen molar-refractivity contribution in [3.05, 3.63) is 117 Å². The fraction of sp³-hybridized carbons (Fsp3) is 0.312. The van der Waals surface area contributed by atoms with E-state index in [0.29, 0.717) is 12.2 Å². The van der Waals surface area contributed by atoms with Gasteiger partial charge < -0.3 is 19.5 Å². The zero-order chi connectivity index (χ0) is 28.6. The van der Waals surface area contributed by atoms with Gasteiger partial charge in [-0.25, -0.2) is 8.78 Å². The molecule has 1 unspecified atom stereocenters. The molecule has 210 valence electrons. The van der Waals surface area contributed by atoms with Crippen molar-refractivity contribution >= 4 is 11.6 Å². The van der Waals surface area contributed by atoms with Crippen LogP contribution in [0.2, 0.25) is 0 Å². The molecule has 0 radical (unpaired) electrons. The smallest absolute Gasteiger partial charge is 0.257 e. The third-order valence-corrected chi connectivity index (χ3v) is 7.14. The number of benzene rings is 2. The molecule has 2 aliphatic rings. The Morgan fingerprint density at radius 2 is 1.85 bits per heavy atom. The molecular weight excluding hydrogens is 512 g/mol. The van der Waals surface area contributed by atoms with Crippen LogP contribution >= 0.6 is 0 Å². The van der Waals surface area contributed by atoms with Crippen molar-refractivity contribution in [2.75, 3.05) is 18.0 Å². The van der Waals surface area contributed by atoms with Gasteiger partial charge in [-0.05, 0) is 37.0 Å². The first-order valence-electron chi connectivity index (χ1n) is 13.7. The van der Waals surface area contributed by atoms with Crippen LogP contribution in [0, 0.1) is 0 Å². The second-order valence-corrected chi connectivity index (χ2v) is 9.48. The number of nitrogens with zero attached hydrogens (tertiary/aromatic N) is 2. The van der Waals surface area contributed by atoms with E-state index in [2.05, 4.69) is 22.3 Å². The van der Waals surface area contributed by atoms with Crippen LogP contribution in [-0.2, 0) is 19.6 Å². The highest BCUT2D eigenvalue weighted by Crippen LogP contribution is 2.37. The molecule has 2 bridgehead atoms. The third-order valence-electron chi connectivity index (χ3n) is 7.14. The topological polar surface area (TPSA) is 63.6 Å². The van der Waals surface area contributed by atoms with Crippen LogP contribution in [0.5, 0.6) is 5.75 Å². The molecule has 40 heavy (non-hydrogen) atoms. The highest BCUT2D eigenvalue weighted by molar-refractivity contribution is 5.94. The van der Waals surface area contributed by atoms with Crippen LogP contribution in [0.25, 0.3) is 0 Å². The molecule has 3 heterocycles. The molecule has 2 aliphatic heterocycles. The monoisotopic (exact) mass is 547 g/mol. The first-order valence-corrected chi connectivity index (χ1v) is 13.7. The van der Waals surface area contributed by atoms with E-state index in [1.54, 1.807) is 6.20 Å². The molecule has 1 atom stereocenters. The highest BCUT2D eigenvalue weighted by Gasteiger charge is 2.33. The quantitative estimate of drug-likeness (QED) is 0.347. The summed E-state index contributed by atoms with van der Waals surface area (Å²) in [5, 5.41) is 2.49. The lowest BCUT2D eigenvalue weighted by molar-refractivity contribution is 0.0954. The molecule has 1 aromatic heterocycles. The van der Waals surface area contributed by atoms with Gasteiger partial charge in [-0.3, -0.25) is 9.59 Å². The fourth-order valence-corrected chi connectivity index (χ4v) is 5.15. The maximum atomic E-state index is 13.9. The van der Waals surface area contributed by atoms with Gasteiger partial charge in [0.2, 0.25) is 5.43 Å². The molecule has 1 amide bonds. The van der Waals surface area contributed by atoms with E-state index >= 15 is 0 Å². The molecule has 0 saturated heterocycles. The number of para-hydroxylation sites is 1. The number of rotatable bonds is 7. The number of halogens is 2. The van der Waals surface area contributed by atoms with Crippen LogP contribution in [0.3, 0.4) is 0 Å². The average molecular weight is 548 g/mol. The standard InChI is InChI=1S/C30H29F2N3O3.C2H6/c1-2-25(32)22(14-31)15-33-30(37)24-17-35-23-13-12-21-10-6-7-11-26(21)34(16-23)18-27(35)29(28(24)36)38-19-20-8-4-3-5-9-20;1-2/h2-11,14,17,23H,12-13,15-16,18-19H2,1H3,(H,33,37);1-2H3/b22-14-,25-2+;. The Balaban J connectivity index is 0.00000181. The minimum absolute atomic E-state index is 0.0131. The molecule has 2 aromatic carbocycles. The molecule has 0 fully saturated rings. The van der Waals surface area contributed by atoms with Crippen molar-refractivity contribution in [3.63, 3.8) is 0 Å². The minimum Gasteiger partial charge on any atom is -0.483 e. The number of nitrogens with one attached hydrogen (secondary N) is 1. The average Bonchev–Trinajstić information content (AvgIpc) is 3.15. The van der Waals surface area contributed by atoms with Crippen molar-refractivity contribution in [2.45, 2.75) is 52.8 Å². The lowest BCUT2D eigenvalue weighted by atomic mass is 10.0. The van der Waals surface area contributed by atoms with Crippen molar-refractivity contribution in [1.82, 2.24) is 9.88 Å². The zero-order valence-corrected chi connectivity index (χ0v) is 23.1. The number of amides is 1. The lowest BCUT2D eigenvalue weighted by Crippen LogP contribution is -2.40. The van der Waals surface area contributed by atoms with E-state index in [0.717, 1.165) is 36.7 Å². The summed E-state index contributed by atoms with van der Waals surface area (Å²) >= 11 is 0. The Bertz CT molecular complexity index is 1460. The second kappa shape index (κ2) is 13.2. The van der Waals surface area contributed by atoms with E-state index in [1.165, 1.54) is 12.5 Å². The minimum atomic E-state index is -0.778. The van der Waals surface area contributed by atoms with Gasteiger partial charge in [0.15, 0.2) is 5.75 Å². The summed E-state index contributed by atoms with van der Waals surface area (Å²) in [5.74, 6) is -1.37. The molecule has 0 saturated carbocycles. The van der Waals surface area contributed by atoms with E-state index in [9.17, 15) is 18.4 Å². The number of allylic oxidation sites excluding steroid dienone is 1. The summed E-state index contributed by atoms with van der Waals surface area (Å²) in [4.78, 5) is 29.1. The Morgan fingerprint density at radius 1 is 1.12 bits per heavy atom. The number of ether oxygens (including phenoxy) is 1. The third kappa shape index (κ3) is 6.01. The Kier molecular flexibility index (Phi) is 9.53. The molecule has 8 heteroatoms. The van der Waals surface area contributed by atoms with E-state index in [4.69, 9.17) is 4.74 Å². The van der Waals surface area contributed by atoms with Gasteiger partial charge >= 0.3 is 0 Å². The molecular formula is C32H35F2N3O3. The Labute approximate surface area is 233 Å². The van der Waals surface area contributed by atoms with Crippen LogP contribution in [-0.4, -0.2) is 23.6 Å². The van der Waals surface area contributed by atoms with Crippen LogP contribution in [0.1, 0.15) is 60.4 Å². The van der Waals surface area contributed by atoms with Gasteiger partial charge in [0.05, 0.1) is 24.6 Å². The summed E-state index contributed by atoms with van der Waals surface area (Å²) in [5.41, 5.74) is 3.00. The number of hydrogen-bond donors (Lipinski definition) is 1. The maximum absolute atomic E-state index is 13.9. The Morgan fingerprint density at radius 3 is 2.58 bits per heavy atom. The highest BCUT2D eigenvalue weighted by atomic mass is 19.1. The first kappa shape index (κ1) is 28.8. The van der Waals surface area contributed by atoms with E-state index in [-0.39, 0.29) is 42.4 Å². The van der Waals surface area contributed by atoms with E-state index < -0.39 is 17.2 Å². The van der Waals surface area contributed by atoms with Gasteiger partial charge in [0.1, 0.15) is 18.0 Å². The number of fused-ring (bicyclic) bond motifs is 6. The molecule has 1 N–H and O–H groups in total. The van der Waals surface area contributed by atoms with Crippen LogP contribution < -0.4 is 20.4 Å². The van der Waals surface area contributed by atoms with Gasteiger partial charge in [-0.2, -0.15) is 0 Å². The molecule has 0 spiro atoms. The molecule has 5 rings (SSSR count). The summed E-state index contributed by atoms with van der Waals surface area (Å²) < 4.78 is 35.2. The van der Waals surface area contributed by atoms with Crippen molar-refractivity contribution < 1.29 is 18.3 Å². The summed E-state index contributed by atoms with van der Waals surface area (Å²) in [7, 11) is 0. The lowest BCUT2D eigenvalue weighted by Gasteiger charge is -2.37. The van der Waals surface area contributed by atoms with Crippen molar-refractivity contribution in [1.29, 1.82) is 0 Å². The van der Waals surface area contributed by atoms with Crippen LogP contribution in [0.4, 0.5) is 14.5 Å². The number of carbonyl (C=O) groups is 1. The summed E-state index contributed by atoms with van der Waals surface area (Å²) in [6, 6.07) is 17.8. The first-order chi connectivity index (χ1) is 19.5. The number of aromatic nitrogens is 1. The van der Waals surface area contributed by atoms with Crippen molar-refractivity contribution in [2.24, 2.45) is 0 Å². The van der Waals surface area contributed by atoms with Gasteiger partial charge in [0, 0.05) is 30.5 Å². The summed E-state index contributed by atoms with van der Waals surface area (Å²) in [6.45, 7) is 6.39. The number of pyridine rings is 1. The van der Waals surface area contributed by atoms with Gasteiger partial charge in [-0.1, -0.05) is 68.5 Å². The van der Waals surface area contributed by atoms with E-state index in [1.807, 2.05) is 60.9 Å². The molecule has 6 nitrogen and oxygen atoms in total. The maximum Gasteiger partial charge on any atom is 0.257 e. The van der Waals surface area contributed by atoms with Crippen LogP contribution in [0.15, 0.2) is 89.4 Å². The second-order valence-electron chi connectivity index (χ2n) is 9.48. The van der Waals surface area contributed by atoms with Crippen molar-refractivity contribution in [3.8, 4) is 5.75 Å². The number of hydrogen-bond acceptors (Lipinski definition) is 4. The van der Waals surface area contributed by atoms with Gasteiger partial charge in [-0.15, -0.1) is 0 Å². The van der Waals surface area contributed by atoms with Gasteiger partial charge in [0.25, 0.3) is 5.91 Å². The fourth-order valence-electron chi connectivity index (χ4n) is 5.15. The predicted octanol–water partition coefficient (Wildman–Crippen LogP) is 6.42. The SMILES string of the molecule is C/C=C(F)\C(=C/F)CNC(=O)c1cn2c(c(OCc3ccccc3)c1=O)CN1CC2CCc2ccccc21.CC. The molecule has 0 aliphatic carbocycles. The zero-order valence-electron chi connectivity index (χ0n) is 23.1. The summed E-state index contributed by atoms with van der Waals surface area (Å²) in [6.07, 6.45) is 4.48. The molecule has 3 aromatic rings. The predicted molar refractivity (Wildman–Crippen MR) is 154 cm³/mol. The largest absolute Gasteiger partial charge is 0.483 e. The number of anilines is 1. The number of aryl methyl sites for hydroxylation is 1.